The maximum atomic E-state index is 11.3. The zero-order valence-electron chi connectivity index (χ0n) is 7.35. The second kappa shape index (κ2) is 5.11. The van der Waals surface area contributed by atoms with Gasteiger partial charge in [0.05, 0.1) is 11.9 Å². The van der Waals surface area contributed by atoms with Gasteiger partial charge in [-0.1, -0.05) is 0 Å². The molecule has 0 amide bonds. The third-order valence-corrected chi connectivity index (χ3v) is 2.98. The molecule has 78 valence electrons. The molecule has 7 heteroatoms. The highest BCUT2D eigenvalue weighted by atomic mass is 35.5. The fraction of sp³-hybridized carbons (Fsp3) is 0.429. The highest BCUT2D eigenvalue weighted by Crippen LogP contribution is 2.03. The lowest BCUT2D eigenvalue weighted by Crippen LogP contribution is -2.17. The van der Waals surface area contributed by atoms with Gasteiger partial charge in [-0.05, 0) is 6.42 Å². The molecule has 0 aromatic carbocycles. The summed E-state index contributed by atoms with van der Waals surface area (Å²) >= 11 is 5.39. The average Bonchev–Trinajstić information content (AvgIpc) is 2.16. The quantitative estimate of drug-likeness (QED) is 0.768. The van der Waals surface area contributed by atoms with Crippen molar-refractivity contribution in [3.05, 3.63) is 18.6 Å². The summed E-state index contributed by atoms with van der Waals surface area (Å²) in [5.74, 6) is 0.538. The first-order valence-corrected chi connectivity index (χ1v) is 6.15. The molecule has 0 aliphatic carbocycles. The summed E-state index contributed by atoms with van der Waals surface area (Å²) in [5.41, 5.74) is 0. The van der Waals surface area contributed by atoms with E-state index in [0.717, 1.165) is 0 Å². The smallest absolute Gasteiger partial charge is 0.233 e. The molecule has 1 rings (SSSR count). The number of nitrogens with one attached hydrogen (secondary N) is 1. The van der Waals surface area contributed by atoms with Crippen molar-refractivity contribution in [2.45, 2.75) is 6.42 Å². The van der Waals surface area contributed by atoms with Crippen LogP contribution in [0.15, 0.2) is 18.6 Å². The highest BCUT2D eigenvalue weighted by Gasteiger charge is 2.09. The van der Waals surface area contributed by atoms with Crippen molar-refractivity contribution >= 4 is 27.4 Å². The van der Waals surface area contributed by atoms with Gasteiger partial charge in [-0.25, -0.2) is 13.4 Å². The molecule has 0 unspecified atom stereocenters. The minimum Gasteiger partial charge on any atom is -0.266 e. The Morgan fingerprint density at radius 3 is 2.79 bits per heavy atom. The Balaban J connectivity index is 2.60. The summed E-state index contributed by atoms with van der Waals surface area (Å²) in [6.45, 7) is 0. The van der Waals surface area contributed by atoms with Crippen LogP contribution in [-0.4, -0.2) is 30.0 Å². The first kappa shape index (κ1) is 11.2. The van der Waals surface area contributed by atoms with Crippen molar-refractivity contribution in [2.75, 3.05) is 16.4 Å². The fourth-order valence-corrected chi connectivity index (χ4v) is 2.15. The Morgan fingerprint density at radius 1 is 1.43 bits per heavy atom. The molecule has 14 heavy (non-hydrogen) atoms. The van der Waals surface area contributed by atoms with Crippen LogP contribution in [0, 0.1) is 0 Å². The van der Waals surface area contributed by atoms with Crippen LogP contribution in [-0.2, 0) is 10.0 Å². The molecule has 0 fully saturated rings. The van der Waals surface area contributed by atoms with Gasteiger partial charge in [0.1, 0.15) is 0 Å². The second-order valence-electron chi connectivity index (χ2n) is 2.55. The molecular formula is C7H10ClN3O2S. The molecule has 1 aromatic rings. The molecule has 0 spiro atoms. The standard InChI is InChI=1S/C7H10ClN3O2S/c8-2-1-5-14(12,13)11-7-6-9-3-4-10-7/h3-4,6H,1-2,5H2,(H,10,11). The van der Waals surface area contributed by atoms with E-state index in [9.17, 15) is 8.42 Å². The lowest BCUT2D eigenvalue weighted by molar-refractivity contribution is 0.599. The van der Waals surface area contributed by atoms with Crippen LogP contribution in [0.1, 0.15) is 6.42 Å². The van der Waals surface area contributed by atoms with E-state index >= 15 is 0 Å². The van der Waals surface area contributed by atoms with Crippen LogP contribution in [0.4, 0.5) is 5.82 Å². The van der Waals surface area contributed by atoms with Crippen LogP contribution in [0.3, 0.4) is 0 Å². The van der Waals surface area contributed by atoms with Gasteiger partial charge in [0.15, 0.2) is 5.82 Å². The van der Waals surface area contributed by atoms with E-state index in [4.69, 9.17) is 11.6 Å². The predicted octanol–water partition coefficient (Wildman–Crippen LogP) is 0.847. The summed E-state index contributed by atoms with van der Waals surface area (Å²) < 4.78 is 24.9. The number of sulfonamides is 1. The zero-order chi connectivity index (χ0) is 10.4. The van der Waals surface area contributed by atoms with E-state index in [-0.39, 0.29) is 11.6 Å². The summed E-state index contributed by atoms with van der Waals surface area (Å²) in [7, 11) is -3.33. The summed E-state index contributed by atoms with van der Waals surface area (Å²) in [6.07, 6.45) is 4.64. The summed E-state index contributed by atoms with van der Waals surface area (Å²) in [5, 5.41) is 0. The topological polar surface area (TPSA) is 72.0 Å². The number of hydrogen-bond acceptors (Lipinski definition) is 4. The van der Waals surface area contributed by atoms with Crippen LogP contribution in [0.5, 0.6) is 0 Å². The van der Waals surface area contributed by atoms with E-state index in [1.807, 2.05) is 0 Å². The Kier molecular flexibility index (Phi) is 4.09. The van der Waals surface area contributed by atoms with E-state index in [0.29, 0.717) is 12.3 Å². The van der Waals surface area contributed by atoms with E-state index in [1.54, 1.807) is 0 Å². The van der Waals surface area contributed by atoms with Gasteiger partial charge in [0.2, 0.25) is 10.0 Å². The largest absolute Gasteiger partial charge is 0.266 e. The molecule has 1 heterocycles. The van der Waals surface area contributed by atoms with Gasteiger partial charge in [-0.2, -0.15) is 0 Å². The Bertz CT molecular complexity index is 368. The Morgan fingerprint density at radius 2 is 2.21 bits per heavy atom. The molecule has 0 saturated heterocycles. The summed E-state index contributed by atoms with van der Waals surface area (Å²) in [4.78, 5) is 7.52. The van der Waals surface area contributed by atoms with Crippen LogP contribution in [0.2, 0.25) is 0 Å². The van der Waals surface area contributed by atoms with Crippen molar-refractivity contribution in [1.82, 2.24) is 9.97 Å². The van der Waals surface area contributed by atoms with Crippen LogP contribution < -0.4 is 4.72 Å². The maximum Gasteiger partial charge on any atom is 0.233 e. The van der Waals surface area contributed by atoms with Gasteiger partial charge >= 0.3 is 0 Å². The van der Waals surface area contributed by atoms with Gasteiger partial charge in [-0.3, -0.25) is 9.71 Å². The van der Waals surface area contributed by atoms with E-state index in [2.05, 4.69) is 14.7 Å². The van der Waals surface area contributed by atoms with Crippen molar-refractivity contribution in [2.24, 2.45) is 0 Å². The normalized spacial score (nSPS) is 11.2. The Labute approximate surface area is 87.6 Å². The number of rotatable bonds is 5. The molecule has 0 atom stereocenters. The molecule has 0 radical (unpaired) electrons. The molecule has 0 aliphatic heterocycles. The third-order valence-electron chi connectivity index (χ3n) is 1.37. The van der Waals surface area contributed by atoms with Gasteiger partial charge in [0, 0.05) is 18.3 Å². The highest BCUT2D eigenvalue weighted by molar-refractivity contribution is 7.92. The van der Waals surface area contributed by atoms with Gasteiger partial charge < -0.3 is 0 Å². The van der Waals surface area contributed by atoms with Gasteiger partial charge in [-0.15, -0.1) is 11.6 Å². The number of aromatic nitrogens is 2. The lowest BCUT2D eigenvalue weighted by atomic mass is 10.6. The van der Waals surface area contributed by atoms with Crippen molar-refractivity contribution in [3.8, 4) is 0 Å². The summed E-state index contributed by atoms with van der Waals surface area (Å²) in [6, 6.07) is 0. The average molecular weight is 236 g/mol. The molecule has 1 N–H and O–H groups in total. The molecular weight excluding hydrogens is 226 g/mol. The lowest BCUT2D eigenvalue weighted by Gasteiger charge is -2.04. The zero-order valence-corrected chi connectivity index (χ0v) is 8.92. The number of alkyl halides is 1. The van der Waals surface area contributed by atoms with E-state index in [1.165, 1.54) is 18.6 Å². The SMILES string of the molecule is O=S(=O)(CCCCl)Nc1cnccn1. The third kappa shape index (κ3) is 3.89. The number of nitrogens with zero attached hydrogens (tertiary/aromatic N) is 2. The fourth-order valence-electron chi connectivity index (χ4n) is 0.807. The number of anilines is 1. The maximum absolute atomic E-state index is 11.3. The van der Waals surface area contributed by atoms with Crippen LogP contribution in [0.25, 0.3) is 0 Å². The van der Waals surface area contributed by atoms with Crippen LogP contribution >= 0.6 is 11.6 Å². The monoisotopic (exact) mass is 235 g/mol. The molecule has 0 aliphatic rings. The Hall–Kier alpha value is -0.880. The van der Waals surface area contributed by atoms with Crippen molar-refractivity contribution < 1.29 is 8.42 Å². The first-order valence-electron chi connectivity index (χ1n) is 3.96. The minimum absolute atomic E-state index is 0.00687. The van der Waals surface area contributed by atoms with Gasteiger partial charge in [0.25, 0.3) is 0 Å². The minimum atomic E-state index is -3.33. The van der Waals surface area contributed by atoms with Crippen molar-refractivity contribution in [1.29, 1.82) is 0 Å². The molecule has 0 saturated carbocycles. The van der Waals surface area contributed by atoms with Crippen molar-refractivity contribution in [3.63, 3.8) is 0 Å². The van der Waals surface area contributed by atoms with E-state index < -0.39 is 10.0 Å². The molecule has 5 nitrogen and oxygen atoms in total. The molecule has 0 bridgehead atoms. The second-order valence-corrected chi connectivity index (χ2v) is 4.77. The first-order chi connectivity index (χ1) is 6.64. The molecule has 1 aromatic heterocycles. The predicted molar refractivity (Wildman–Crippen MR) is 54.8 cm³/mol. The number of halogens is 1. The number of hydrogen-bond donors (Lipinski definition) is 1.